The van der Waals surface area contributed by atoms with Gasteiger partial charge < -0.3 is 14.4 Å². The number of halogens is 2. The Morgan fingerprint density at radius 1 is 1.21 bits per heavy atom. The summed E-state index contributed by atoms with van der Waals surface area (Å²) in [4.78, 5) is 6.46. The number of pyridine rings is 1. The molecule has 0 atom stereocenters. The highest BCUT2D eigenvalue weighted by molar-refractivity contribution is 9.10. The zero-order valence-corrected chi connectivity index (χ0v) is 13.7. The first-order valence-corrected chi connectivity index (χ1v) is 7.57. The maximum atomic E-state index is 6.23. The molecule has 108 valence electrons. The second kappa shape index (κ2) is 9.53. The number of hydrogen-bond acceptors (Lipinski definition) is 4. The van der Waals surface area contributed by atoms with Crippen LogP contribution in [-0.4, -0.2) is 44.5 Å². The zero-order chi connectivity index (χ0) is 14.1. The summed E-state index contributed by atoms with van der Waals surface area (Å²) in [5, 5.41) is 0.627. The van der Waals surface area contributed by atoms with Crippen molar-refractivity contribution in [3.05, 3.63) is 21.8 Å². The molecule has 0 N–H and O–H groups in total. The van der Waals surface area contributed by atoms with Crippen molar-refractivity contribution in [1.82, 2.24) is 4.98 Å². The molecule has 0 amide bonds. The van der Waals surface area contributed by atoms with E-state index < -0.39 is 0 Å². The number of anilines is 1. The molecule has 1 aromatic heterocycles. The standard InChI is InChI=1S/C13H20BrClN2O2/c1-3-18-7-5-17(6-8-19-4-2)13-12(15)9-11(14)10-16-13/h9-10H,3-8H2,1-2H3. The number of hydrogen-bond donors (Lipinski definition) is 0. The molecule has 0 aliphatic carbocycles. The highest BCUT2D eigenvalue weighted by Gasteiger charge is 2.12. The van der Waals surface area contributed by atoms with Gasteiger partial charge in [-0.2, -0.15) is 0 Å². The van der Waals surface area contributed by atoms with Crippen LogP contribution in [0.5, 0.6) is 0 Å². The van der Waals surface area contributed by atoms with Crippen LogP contribution < -0.4 is 4.90 Å². The highest BCUT2D eigenvalue weighted by Crippen LogP contribution is 2.25. The minimum atomic E-state index is 0.627. The molecule has 0 bridgehead atoms. The molecule has 0 radical (unpaired) electrons. The van der Waals surface area contributed by atoms with Gasteiger partial charge in [-0.3, -0.25) is 0 Å². The van der Waals surface area contributed by atoms with Crippen molar-refractivity contribution in [3.63, 3.8) is 0 Å². The van der Waals surface area contributed by atoms with Crippen LogP contribution >= 0.6 is 27.5 Å². The van der Waals surface area contributed by atoms with E-state index in [4.69, 9.17) is 21.1 Å². The fourth-order valence-electron chi connectivity index (χ4n) is 1.60. The third-order valence-corrected chi connectivity index (χ3v) is 3.22. The highest BCUT2D eigenvalue weighted by atomic mass is 79.9. The van der Waals surface area contributed by atoms with Gasteiger partial charge in [0, 0.05) is 37.0 Å². The lowest BCUT2D eigenvalue weighted by molar-refractivity contribution is 0.141. The number of ether oxygens (including phenoxy) is 2. The van der Waals surface area contributed by atoms with Crippen LogP contribution in [0, 0.1) is 0 Å². The van der Waals surface area contributed by atoms with Crippen LogP contribution in [0.25, 0.3) is 0 Å². The van der Waals surface area contributed by atoms with Gasteiger partial charge in [0.15, 0.2) is 0 Å². The monoisotopic (exact) mass is 350 g/mol. The van der Waals surface area contributed by atoms with E-state index in [1.54, 1.807) is 6.20 Å². The summed E-state index contributed by atoms with van der Waals surface area (Å²) in [5.74, 6) is 0.768. The van der Waals surface area contributed by atoms with Gasteiger partial charge in [0.1, 0.15) is 5.82 Å². The Hall–Kier alpha value is -0.360. The first kappa shape index (κ1) is 16.7. The molecule has 0 aliphatic rings. The van der Waals surface area contributed by atoms with Crippen molar-refractivity contribution in [1.29, 1.82) is 0 Å². The lowest BCUT2D eigenvalue weighted by Gasteiger charge is -2.24. The Morgan fingerprint density at radius 3 is 2.26 bits per heavy atom. The van der Waals surface area contributed by atoms with Gasteiger partial charge in [-0.15, -0.1) is 0 Å². The molecule has 4 nitrogen and oxygen atoms in total. The van der Waals surface area contributed by atoms with E-state index in [-0.39, 0.29) is 0 Å². The van der Waals surface area contributed by atoms with Crippen LogP contribution in [0.15, 0.2) is 16.7 Å². The van der Waals surface area contributed by atoms with Crippen LogP contribution in [0.4, 0.5) is 5.82 Å². The Labute approximate surface area is 128 Å². The molecule has 0 aliphatic heterocycles. The quantitative estimate of drug-likeness (QED) is 0.639. The minimum absolute atomic E-state index is 0.627. The lowest BCUT2D eigenvalue weighted by atomic mass is 10.4. The van der Waals surface area contributed by atoms with E-state index in [1.165, 1.54) is 0 Å². The molecule has 0 aromatic carbocycles. The van der Waals surface area contributed by atoms with E-state index in [0.29, 0.717) is 31.5 Å². The van der Waals surface area contributed by atoms with Crippen LogP contribution in [0.2, 0.25) is 5.02 Å². The molecule has 0 spiro atoms. The molecular weight excluding hydrogens is 332 g/mol. The van der Waals surface area contributed by atoms with Crippen LogP contribution in [0.1, 0.15) is 13.8 Å². The van der Waals surface area contributed by atoms with Crippen molar-refractivity contribution in [2.45, 2.75) is 13.8 Å². The molecule has 0 saturated carbocycles. The Balaban J connectivity index is 2.69. The van der Waals surface area contributed by atoms with Crippen molar-refractivity contribution in [3.8, 4) is 0 Å². The van der Waals surface area contributed by atoms with E-state index in [0.717, 1.165) is 23.4 Å². The summed E-state index contributed by atoms with van der Waals surface area (Å²) in [6.07, 6.45) is 1.75. The number of aromatic nitrogens is 1. The molecular formula is C13H20BrClN2O2. The Bertz CT molecular complexity index is 370. The van der Waals surface area contributed by atoms with Gasteiger partial charge in [-0.05, 0) is 35.8 Å². The maximum Gasteiger partial charge on any atom is 0.147 e. The van der Waals surface area contributed by atoms with Crippen molar-refractivity contribution in [2.75, 3.05) is 44.4 Å². The maximum absolute atomic E-state index is 6.23. The average molecular weight is 352 g/mol. The van der Waals surface area contributed by atoms with Crippen molar-refractivity contribution < 1.29 is 9.47 Å². The van der Waals surface area contributed by atoms with E-state index in [9.17, 15) is 0 Å². The normalized spacial score (nSPS) is 10.7. The molecule has 1 heterocycles. The Kier molecular flexibility index (Phi) is 8.37. The molecule has 1 aromatic rings. The fraction of sp³-hybridized carbons (Fsp3) is 0.615. The number of rotatable bonds is 9. The van der Waals surface area contributed by atoms with Gasteiger partial charge in [0.05, 0.1) is 18.2 Å². The summed E-state index contributed by atoms with van der Waals surface area (Å²) in [5.41, 5.74) is 0. The molecule has 0 saturated heterocycles. The third kappa shape index (κ3) is 6.08. The molecule has 1 rings (SSSR count). The third-order valence-electron chi connectivity index (χ3n) is 2.51. The molecule has 19 heavy (non-hydrogen) atoms. The summed E-state index contributed by atoms with van der Waals surface area (Å²) < 4.78 is 11.7. The van der Waals surface area contributed by atoms with Crippen LogP contribution in [-0.2, 0) is 9.47 Å². The van der Waals surface area contributed by atoms with Gasteiger partial charge in [0.25, 0.3) is 0 Å². The zero-order valence-electron chi connectivity index (χ0n) is 11.4. The Morgan fingerprint density at radius 2 is 1.79 bits per heavy atom. The number of nitrogens with zero attached hydrogens (tertiary/aromatic N) is 2. The summed E-state index contributed by atoms with van der Waals surface area (Å²) in [6, 6.07) is 1.85. The SMILES string of the molecule is CCOCCN(CCOCC)c1ncc(Br)cc1Cl. The van der Waals surface area contributed by atoms with E-state index >= 15 is 0 Å². The van der Waals surface area contributed by atoms with Gasteiger partial charge >= 0.3 is 0 Å². The van der Waals surface area contributed by atoms with Gasteiger partial charge in [-0.1, -0.05) is 11.6 Å². The summed E-state index contributed by atoms with van der Waals surface area (Å²) >= 11 is 9.59. The van der Waals surface area contributed by atoms with Crippen molar-refractivity contribution in [2.24, 2.45) is 0 Å². The van der Waals surface area contributed by atoms with E-state index in [2.05, 4.69) is 25.8 Å². The first-order valence-electron chi connectivity index (χ1n) is 6.40. The molecule has 6 heteroatoms. The fourth-order valence-corrected chi connectivity index (χ4v) is 2.35. The lowest BCUT2D eigenvalue weighted by Crippen LogP contribution is -2.32. The minimum Gasteiger partial charge on any atom is -0.380 e. The smallest absolute Gasteiger partial charge is 0.147 e. The van der Waals surface area contributed by atoms with Gasteiger partial charge in [0.2, 0.25) is 0 Å². The largest absolute Gasteiger partial charge is 0.380 e. The van der Waals surface area contributed by atoms with E-state index in [1.807, 2.05) is 19.9 Å². The summed E-state index contributed by atoms with van der Waals surface area (Å²) in [7, 11) is 0. The second-order valence-electron chi connectivity index (χ2n) is 3.84. The van der Waals surface area contributed by atoms with Crippen molar-refractivity contribution >= 4 is 33.3 Å². The predicted octanol–water partition coefficient (Wildman–Crippen LogP) is 3.38. The molecule has 0 unspecified atom stereocenters. The first-order chi connectivity index (χ1) is 9.19. The van der Waals surface area contributed by atoms with Crippen LogP contribution in [0.3, 0.4) is 0 Å². The molecule has 0 fully saturated rings. The second-order valence-corrected chi connectivity index (χ2v) is 5.16. The topological polar surface area (TPSA) is 34.6 Å². The average Bonchev–Trinajstić information content (AvgIpc) is 2.38. The predicted molar refractivity (Wildman–Crippen MR) is 82.1 cm³/mol. The van der Waals surface area contributed by atoms with Gasteiger partial charge in [-0.25, -0.2) is 4.98 Å². The summed E-state index contributed by atoms with van der Waals surface area (Å²) in [6.45, 7) is 8.17.